The molecule has 0 aliphatic heterocycles. The molecule has 13 heavy (non-hydrogen) atoms. The average molecular weight is 183 g/mol. The molecule has 0 saturated heterocycles. The predicted octanol–water partition coefficient (Wildman–Crippen LogP) is 2.33. The van der Waals surface area contributed by atoms with E-state index in [0.29, 0.717) is 13.0 Å². The van der Waals surface area contributed by atoms with E-state index >= 15 is 0 Å². The Morgan fingerprint density at radius 3 is 2.77 bits per heavy atom. The first-order valence-electron chi connectivity index (χ1n) is 4.06. The summed E-state index contributed by atoms with van der Waals surface area (Å²) in [4.78, 5) is 0. The smallest absolute Gasteiger partial charge is 0.166 e. The Hall–Kier alpha value is -1.22. The van der Waals surface area contributed by atoms with Gasteiger partial charge in [0.2, 0.25) is 0 Å². The Balaban J connectivity index is 2.83. The van der Waals surface area contributed by atoms with Crippen molar-refractivity contribution in [3.63, 3.8) is 0 Å². The van der Waals surface area contributed by atoms with Crippen molar-refractivity contribution < 1.29 is 8.78 Å². The van der Waals surface area contributed by atoms with E-state index in [2.05, 4.69) is 0 Å². The molecule has 0 aromatic heterocycles. The molecule has 0 unspecified atom stereocenters. The van der Waals surface area contributed by atoms with Gasteiger partial charge in [-0.15, -0.1) is 0 Å². The van der Waals surface area contributed by atoms with Gasteiger partial charge in [0.05, 0.1) is 0 Å². The van der Waals surface area contributed by atoms with Crippen molar-refractivity contribution in [1.29, 1.82) is 0 Å². The quantitative estimate of drug-likeness (QED) is 0.764. The van der Waals surface area contributed by atoms with E-state index in [0.717, 1.165) is 6.07 Å². The van der Waals surface area contributed by atoms with E-state index in [9.17, 15) is 8.78 Å². The van der Waals surface area contributed by atoms with Gasteiger partial charge in [-0.05, 0) is 19.0 Å². The highest BCUT2D eigenvalue weighted by molar-refractivity contribution is 5.49. The third-order valence-corrected chi connectivity index (χ3v) is 1.61. The fraction of sp³-hybridized carbons (Fsp3) is 0.200. The van der Waals surface area contributed by atoms with Crippen LogP contribution in [0.1, 0.15) is 12.0 Å². The molecule has 1 aromatic carbocycles. The first-order chi connectivity index (χ1) is 6.25. The Bertz CT molecular complexity index is 308. The molecule has 0 radical (unpaired) electrons. The van der Waals surface area contributed by atoms with Crippen LogP contribution in [0.3, 0.4) is 0 Å². The van der Waals surface area contributed by atoms with E-state index in [1.54, 1.807) is 6.08 Å². The molecule has 1 rings (SSSR count). The molecule has 0 atom stereocenters. The minimum Gasteiger partial charge on any atom is -0.330 e. The molecular weight excluding hydrogens is 172 g/mol. The van der Waals surface area contributed by atoms with Crippen LogP contribution in [0, 0.1) is 11.6 Å². The number of benzene rings is 1. The largest absolute Gasteiger partial charge is 0.330 e. The fourth-order valence-corrected chi connectivity index (χ4v) is 0.956. The van der Waals surface area contributed by atoms with Crippen molar-refractivity contribution in [3.8, 4) is 0 Å². The molecule has 1 nitrogen and oxygen atoms in total. The number of nitrogens with two attached hydrogens (primary N) is 1. The maximum Gasteiger partial charge on any atom is 0.166 e. The van der Waals surface area contributed by atoms with E-state index in [4.69, 9.17) is 5.73 Å². The molecule has 70 valence electrons. The highest BCUT2D eigenvalue weighted by Gasteiger charge is 2.03. The topological polar surface area (TPSA) is 26.0 Å². The Labute approximate surface area is 75.9 Å². The monoisotopic (exact) mass is 183 g/mol. The molecule has 0 aliphatic carbocycles. The first kappa shape index (κ1) is 9.86. The second kappa shape index (κ2) is 4.72. The van der Waals surface area contributed by atoms with Gasteiger partial charge in [-0.25, -0.2) is 8.78 Å². The van der Waals surface area contributed by atoms with Crippen LogP contribution in [0.2, 0.25) is 0 Å². The SMILES string of the molecule is NCCC=Cc1cccc(F)c1F. The minimum absolute atomic E-state index is 0.258. The zero-order chi connectivity index (χ0) is 9.68. The first-order valence-corrected chi connectivity index (χ1v) is 4.06. The number of rotatable bonds is 3. The average Bonchev–Trinajstić information content (AvgIpc) is 2.13. The summed E-state index contributed by atoms with van der Waals surface area (Å²) in [5, 5.41) is 0. The number of hydrogen-bond donors (Lipinski definition) is 1. The van der Waals surface area contributed by atoms with E-state index < -0.39 is 11.6 Å². The summed E-state index contributed by atoms with van der Waals surface area (Å²) in [5.74, 6) is -1.63. The standard InChI is InChI=1S/C10H11F2N/c11-9-6-3-5-8(10(9)12)4-1-2-7-13/h1,3-6H,2,7,13H2. The van der Waals surface area contributed by atoms with Crippen LogP contribution < -0.4 is 5.73 Å². The van der Waals surface area contributed by atoms with Gasteiger partial charge >= 0.3 is 0 Å². The summed E-state index contributed by atoms with van der Waals surface area (Å²) in [7, 11) is 0. The lowest BCUT2D eigenvalue weighted by Crippen LogP contribution is -1.95. The van der Waals surface area contributed by atoms with Crippen LogP contribution in [0.25, 0.3) is 6.08 Å². The summed E-state index contributed by atoms with van der Waals surface area (Å²) >= 11 is 0. The maximum absolute atomic E-state index is 13.0. The molecule has 2 N–H and O–H groups in total. The van der Waals surface area contributed by atoms with Gasteiger partial charge in [0.25, 0.3) is 0 Å². The van der Waals surface area contributed by atoms with Crippen LogP contribution in [0.15, 0.2) is 24.3 Å². The second-order valence-corrected chi connectivity index (χ2v) is 2.62. The van der Waals surface area contributed by atoms with Gasteiger partial charge in [0, 0.05) is 5.56 Å². The van der Waals surface area contributed by atoms with Gasteiger partial charge < -0.3 is 5.73 Å². The van der Waals surface area contributed by atoms with Gasteiger partial charge in [-0.1, -0.05) is 24.3 Å². The predicted molar refractivity (Wildman–Crippen MR) is 49.1 cm³/mol. The highest BCUT2D eigenvalue weighted by Crippen LogP contribution is 2.12. The molecule has 0 heterocycles. The van der Waals surface area contributed by atoms with Crippen molar-refractivity contribution in [1.82, 2.24) is 0 Å². The minimum atomic E-state index is -0.824. The summed E-state index contributed by atoms with van der Waals surface area (Å²) < 4.78 is 25.6. The lowest BCUT2D eigenvalue weighted by Gasteiger charge is -1.96. The molecule has 0 amide bonds. The van der Waals surface area contributed by atoms with Gasteiger partial charge in [-0.3, -0.25) is 0 Å². The maximum atomic E-state index is 13.0. The number of hydrogen-bond acceptors (Lipinski definition) is 1. The lowest BCUT2D eigenvalue weighted by atomic mass is 10.2. The molecule has 0 aliphatic rings. The van der Waals surface area contributed by atoms with E-state index in [-0.39, 0.29) is 5.56 Å². The zero-order valence-corrected chi connectivity index (χ0v) is 7.13. The molecule has 0 fully saturated rings. The molecule has 0 saturated carbocycles. The van der Waals surface area contributed by atoms with Crippen LogP contribution >= 0.6 is 0 Å². The van der Waals surface area contributed by atoms with E-state index in [1.807, 2.05) is 0 Å². The lowest BCUT2D eigenvalue weighted by molar-refractivity contribution is 0.507. The van der Waals surface area contributed by atoms with Crippen molar-refractivity contribution in [2.24, 2.45) is 5.73 Å². The third-order valence-electron chi connectivity index (χ3n) is 1.61. The fourth-order valence-electron chi connectivity index (χ4n) is 0.956. The van der Waals surface area contributed by atoms with Crippen molar-refractivity contribution in [3.05, 3.63) is 41.5 Å². The highest BCUT2D eigenvalue weighted by atomic mass is 19.2. The Kier molecular flexibility index (Phi) is 3.58. The number of halogens is 2. The van der Waals surface area contributed by atoms with Gasteiger partial charge in [-0.2, -0.15) is 0 Å². The Morgan fingerprint density at radius 2 is 2.08 bits per heavy atom. The van der Waals surface area contributed by atoms with Gasteiger partial charge in [0.1, 0.15) is 0 Å². The summed E-state index contributed by atoms with van der Waals surface area (Å²) in [6.45, 7) is 0.507. The normalized spacial score (nSPS) is 11.0. The van der Waals surface area contributed by atoms with Crippen LogP contribution in [0.4, 0.5) is 8.78 Å². The molecular formula is C10H11F2N. The van der Waals surface area contributed by atoms with Crippen LogP contribution in [0.5, 0.6) is 0 Å². The molecule has 0 bridgehead atoms. The second-order valence-electron chi connectivity index (χ2n) is 2.62. The zero-order valence-electron chi connectivity index (χ0n) is 7.13. The van der Waals surface area contributed by atoms with Crippen LogP contribution in [-0.4, -0.2) is 6.54 Å². The summed E-state index contributed by atoms with van der Waals surface area (Å²) in [6, 6.07) is 4.08. The van der Waals surface area contributed by atoms with Gasteiger partial charge in [0.15, 0.2) is 11.6 Å². The van der Waals surface area contributed by atoms with Crippen molar-refractivity contribution in [2.75, 3.05) is 6.54 Å². The summed E-state index contributed by atoms with van der Waals surface area (Å²) in [5.41, 5.74) is 5.50. The van der Waals surface area contributed by atoms with Crippen molar-refractivity contribution >= 4 is 6.08 Å². The molecule has 1 aromatic rings. The van der Waals surface area contributed by atoms with Crippen molar-refractivity contribution in [2.45, 2.75) is 6.42 Å². The summed E-state index contributed by atoms with van der Waals surface area (Å²) in [6.07, 6.45) is 3.92. The van der Waals surface area contributed by atoms with Crippen LogP contribution in [-0.2, 0) is 0 Å². The Morgan fingerprint density at radius 1 is 1.31 bits per heavy atom. The molecule has 3 heteroatoms. The van der Waals surface area contributed by atoms with E-state index in [1.165, 1.54) is 18.2 Å². The molecule has 0 spiro atoms. The third kappa shape index (κ3) is 2.63.